The van der Waals surface area contributed by atoms with E-state index in [0.29, 0.717) is 12.2 Å². The van der Waals surface area contributed by atoms with E-state index in [1.165, 1.54) is 17.0 Å². The van der Waals surface area contributed by atoms with Crippen LogP contribution in [0.15, 0.2) is 30.6 Å². The van der Waals surface area contributed by atoms with Gasteiger partial charge < -0.3 is 5.32 Å². The fraction of sp³-hybridized carbons (Fsp3) is 0.294. The number of nitrogens with zero attached hydrogens (tertiary/aromatic N) is 3. The average Bonchev–Trinajstić information content (AvgIpc) is 2.98. The molecule has 0 unspecified atom stereocenters. The van der Waals surface area contributed by atoms with E-state index in [-0.39, 0.29) is 18.2 Å². The molecule has 0 fully saturated rings. The van der Waals surface area contributed by atoms with E-state index in [1.54, 1.807) is 13.3 Å². The number of rotatable bonds is 6. The van der Waals surface area contributed by atoms with Gasteiger partial charge in [0, 0.05) is 24.3 Å². The second-order valence-electron chi connectivity index (χ2n) is 5.34. The number of amides is 1. The summed E-state index contributed by atoms with van der Waals surface area (Å²) in [7, 11) is 0. The molecule has 1 amide bonds. The Morgan fingerprint density at radius 3 is 2.57 bits per heavy atom. The van der Waals surface area contributed by atoms with Crippen LogP contribution in [0.2, 0.25) is 0 Å². The lowest BCUT2D eigenvalue weighted by atomic mass is 10.1. The van der Waals surface area contributed by atoms with Crippen molar-refractivity contribution >= 4 is 17.9 Å². The molecular formula is C17H20N4O2. The number of carbonyl (C=O) groups is 2. The second-order valence-corrected chi connectivity index (χ2v) is 5.34. The fourth-order valence-electron chi connectivity index (χ4n) is 2.11. The van der Waals surface area contributed by atoms with Gasteiger partial charge in [-0.2, -0.15) is 0 Å². The lowest BCUT2D eigenvalue weighted by Gasteiger charge is -2.00. The summed E-state index contributed by atoms with van der Waals surface area (Å²) >= 11 is 0. The second kappa shape index (κ2) is 7.49. The summed E-state index contributed by atoms with van der Waals surface area (Å²) in [5.41, 5.74) is 3.23. The Labute approximate surface area is 135 Å². The fourth-order valence-corrected chi connectivity index (χ4v) is 2.11. The molecule has 1 aromatic carbocycles. The Hall–Kier alpha value is -2.76. The SMILES string of the molecule is CCC(=O)NCC(=O)/C=C\n1cnc(-c2cc(C)cc(C)c2)n1. The van der Waals surface area contributed by atoms with Crippen LogP contribution in [-0.2, 0) is 9.59 Å². The van der Waals surface area contributed by atoms with Crippen molar-refractivity contribution in [3.8, 4) is 11.4 Å². The van der Waals surface area contributed by atoms with Crippen LogP contribution in [0.4, 0.5) is 0 Å². The first kappa shape index (κ1) is 16.6. The summed E-state index contributed by atoms with van der Waals surface area (Å²) < 4.78 is 1.48. The molecule has 1 aromatic heterocycles. The molecule has 0 aliphatic carbocycles. The van der Waals surface area contributed by atoms with Crippen molar-refractivity contribution in [1.82, 2.24) is 20.1 Å². The third-order valence-electron chi connectivity index (χ3n) is 3.18. The quantitative estimate of drug-likeness (QED) is 0.829. The molecule has 0 saturated heterocycles. The molecule has 0 spiro atoms. The van der Waals surface area contributed by atoms with Crippen LogP contribution in [0.3, 0.4) is 0 Å². The van der Waals surface area contributed by atoms with Gasteiger partial charge in [0.15, 0.2) is 11.6 Å². The van der Waals surface area contributed by atoms with Gasteiger partial charge in [0.1, 0.15) is 6.33 Å². The van der Waals surface area contributed by atoms with Gasteiger partial charge >= 0.3 is 0 Å². The number of aryl methyl sites for hydroxylation is 2. The van der Waals surface area contributed by atoms with Crippen molar-refractivity contribution in [3.63, 3.8) is 0 Å². The Morgan fingerprint density at radius 2 is 1.91 bits per heavy atom. The normalized spacial score (nSPS) is 10.9. The van der Waals surface area contributed by atoms with Gasteiger partial charge in [0.25, 0.3) is 0 Å². The number of ketones is 1. The zero-order valence-electron chi connectivity index (χ0n) is 13.5. The van der Waals surface area contributed by atoms with Gasteiger partial charge in [-0.15, -0.1) is 5.10 Å². The predicted octanol–water partition coefficient (Wildman–Crippen LogP) is 2.13. The highest BCUT2D eigenvalue weighted by Gasteiger charge is 2.05. The average molecular weight is 312 g/mol. The lowest BCUT2D eigenvalue weighted by molar-refractivity contribution is -0.123. The van der Waals surface area contributed by atoms with Gasteiger partial charge in [-0.05, 0) is 26.0 Å². The lowest BCUT2D eigenvalue weighted by Crippen LogP contribution is -2.27. The molecule has 6 heteroatoms. The number of benzene rings is 1. The first-order chi connectivity index (χ1) is 11.0. The van der Waals surface area contributed by atoms with Crippen molar-refractivity contribution in [2.24, 2.45) is 0 Å². The first-order valence-corrected chi connectivity index (χ1v) is 7.45. The molecule has 6 nitrogen and oxygen atoms in total. The van der Waals surface area contributed by atoms with Gasteiger partial charge in [0.05, 0.1) is 6.54 Å². The Kier molecular flexibility index (Phi) is 5.41. The van der Waals surface area contributed by atoms with E-state index in [9.17, 15) is 9.59 Å². The molecule has 2 aromatic rings. The largest absolute Gasteiger partial charge is 0.349 e. The topological polar surface area (TPSA) is 76.9 Å². The molecule has 1 heterocycles. The third-order valence-corrected chi connectivity index (χ3v) is 3.18. The van der Waals surface area contributed by atoms with Crippen molar-refractivity contribution in [2.75, 3.05) is 6.54 Å². The molecule has 0 saturated carbocycles. The summed E-state index contributed by atoms with van der Waals surface area (Å²) in [5, 5.41) is 6.85. The molecule has 23 heavy (non-hydrogen) atoms. The molecule has 2 rings (SSSR count). The zero-order valence-corrected chi connectivity index (χ0v) is 13.5. The molecule has 0 atom stereocenters. The highest BCUT2D eigenvalue weighted by molar-refractivity contribution is 5.95. The monoisotopic (exact) mass is 312 g/mol. The summed E-state index contributed by atoms with van der Waals surface area (Å²) in [4.78, 5) is 27.0. The Balaban J connectivity index is 2.03. The van der Waals surface area contributed by atoms with Crippen LogP contribution in [0.25, 0.3) is 17.6 Å². The number of carbonyl (C=O) groups excluding carboxylic acids is 2. The minimum absolute atomic E-state index is 0.0121. The van der Waals surface area contributed by atoms with E-state index in [2.05, 4.69) is 21.5 Å². The van der Waals surface area contributed by atoms with Crippen LogP contribution >= 0.6 is 0 Å². The standard InChI is InChI=1S/C17H20N4O2/c1-4-16(23)18-10-15(22)5-6-21-11-19-17(20-21)14-8-12(2)7-13(3)9-14/h5-9,11H,4,10H2,1-3H3,(H,18,23)/b6-5-. The van der Waals surface area contributed by atoms with E-state index in [1.807, 2.05) is 26.0 Å². The summed E-state index contributed by atoms with van der Waals surface area (Å²) in [6.45, 7) is 5.77. The van der Waals surface area contributed by atoms with Crippen LogP contribution in [0.1, 0.15) is 24.5 Å². The van der Waals surface area contributed by atoms with Gasteiger partial charge in [-0.3, -0.25) is 9.59 Å². The molecule has 0 radical (unpaired) electrons. The summed E-state index contributed by atoms with van der Waals surface area (Å²) in [5.74, 6) is 0.257. The third kappa shape index (κ3) is 4.88. The molecule has 120 valence electrons. The van der Waals surface area contributed by atoms with Crippen molar-refractivity contribution in [2.45, 2.75) is 27.2 Å². The highest BCUT2D eigenvalue weighted by Crippen LogP contribution is 2.18. The van der Waals surface area contributed by atoms with Gasteiger partial charge in [-0.1, -0.05) is 24.1 Å². The number of nitrogens with one attached hydrogen (secondary N) is 1. The molecule has 0 aliphatic heterocycles. The van der Waals surface area contributed by atoms with Crippen LogP contribution in [-0.4, -0.2) is 33.0 Å². The maximum Gasteiger partial charge on any atom is 0.220 e. The first-order valence-electron chi connectivity index (χ1n) is 7.45. The Bertz CT molecular complexity index is 727. The molecule has 1 N–H and O–H groups in total. The highest BCUT2D eigenvalue weighted by atomic mass is 16.2. The molecule has 0 bridgehead atoms. The smallest absolute Gasteiger partial charge is 0.220 e. The number of aromatic nitrogens is 3. The van der Waals surface area contributed by atoms with E-state index >= 15 is 0 Å². The Morgan fingerprint density at radius 1 is 1.22 bits per heavy atom. The predicted molar refractivity (Wildman–Crippen MR) is 88.6 cm³/mol. The minimum Gasteiger partial charge on any atom is -0.349 e. The summed E-state index contributed by atoms with van der Waals surface area (Å²) in [6, 6.07) is 6.12. The number of hydrogen-bond donors (Lipinski definition) is 1. The van der Waals surface area contributed by atoms with Crippen LogP contribution in [0.5, 0.6) is 0 Å². The van der Waals surface area contributed by atoms with E-state index in [0.717, 1.165) is 16.7 Å². The molecular weight excluding hydrogens is 292 g/mol. The minimum atomic E-state index is -0.199. The van der Waals surface area contributed by atoms with Crippen molar-refractivity contribution in [3.05, 3.63) is 41.7 Å². The number of hydrogen-bond acceptors (Lipinski definition) is 4. The maximum atomic E-state index is 11.6. The van der Waals surface area contributed by atoms with Gasteiger partial charge in [0.2, 0.25) is 5.91 Å². The van der Waals surface area contributed by atoms with Crippen LogP contribution in [0, 0.1) is 13.8 Å². The van der Waals surface area contributed by atoms with Crippen LogP contribution < -0.4 is 5.32 Å². The maximum absolute atomic E-state index is 11.6. The van der Waals surface area contributed by atoms with E-state index < -0.39 is 0 Å². The zero-order chi connectivity index (χ0) is 16.8. The van der Waals surface area contributed by atoms with E-state index in [4.69, 9.17) is 0 Å². The van der Waals surface area contributed by atoms with Crippen molar-refractivity contribution in [1.29, 1.82) is 0 Å². The molecule has 0 aliphatic rings. The summed E-state index contributed by atoms with van der Waals surface area (Å²) in [6.07, 6.45) is 4.80. The van der Waals surface area contributed by atoms with Crippen molar-refractivity contribution < 1.29 is 9.59 Å². The van der Waals surface area contributed by atoms with Gasteiger partial charge in [-0.25, -0.2) is 9.67 Å².